The van der Waals surface area contributed by atoms with Gasteiger partial charge in [0.25, 0.3) is 0 Å². The molecule has 1 atom stereocenters. The second-order valence-electron chi connectivity index (χ2n) is 2.45. The Morgan fingerprint density at radius 1 is 1.46 bits per heavy atom. The largest absolute Gasteiger partial charge is 0.469 e. The van der Waals surface area contributed by atoms with Gasteiger partial charge in [0, 0.05) is 0 Å². The Hall–Kier alpha value is -0.100. The molecule has 13 heavy (non-hydrogen) atoms. The van der Waals surface area contributed by atoms with Gasteiger partial charge in [-0.25, -0.2) is 4.57 Å². The Balaban J connectivity index is 4.13. The summed E-state index contributed by atoms with van der Waals surface area (Å²) in [7, 11) is -4.82. The molecule has 0 fully saturated rings. The molecule has 2 N–H and O–H groups in total. The number of phosphoric acid groups is 1. The van der Waals surface area contributed by atoms with Crippen LogP contribution in [0, 0.1) is 0 Å². The number of alkyl halides is 3. The minimum Gasteiger partial charge on any atom is -0.303 e. The lowest BCUT2D eigenvalue weighted by atomic mass is 10.2. The summed E-state index contributed by atoms with van der Waals surface area (Å²) in [6.07, 6.45) is -7.42. The highest BCUT2D eigenvalue weighted by atomic mass is 31.2. The summed E-state index contributed by atoms with van der Waals surface area (Å²) in [5.74, 6) is 0. The molecule has 1 unspecified atom stereocenters. The Morgan fingerprint density at radius 3 is 2.15 bits per heavy atom. The maximum Gasteiger partial charge on any atom is 0.469 e. The average Bonchev–Trinajstić information content (AvgIpc) is 1.79. The van der Waals surface area contributed by atoms with Crippen LogP contribution in [0.15, 0.2) is 0 Å². The van der Waals surface area contributed by atoms with E-state index in [1.165, 1.54) is 6.92 Å². The van der Waals surface area contributed by atoms with Gasteiger partial charge in [-0.05, 0) is 6.42 Å². The molecule has 0 rings (SSSR count). The van der Waals surface area contributed by atoms with Crippen molar-refractivity contribution in [1.82, 2.24) is 0 Å². The molecule has 0 amide bonds. The van der Waals surface area contributed by atoms with Crippen molar-refractivity contribution < 1.29 is 32.0 Å². The lowest BCUT2D eigenvalue weighted by Gasteiger charge is -2.17. The van der Waals surface area contributed by atoms with Crippen molar-refractivity contribution >= 4 is 7.82 Å². The molecule has 0 radical (unpaired) electrons. The van der Waals surface area contributed by atoms with E-state index in [4.69, 9.17) is 9.79 Å². The van der Waals surface area contributed by atoms with Crippen LogP contribution in [0.2, 0.25) is 0 Å². The van der Waals surface area contributed by atoms with Crippen molar-refractivity contribution in [2.75, 3.05) is 0 Å². The van der Waals surface area contributed by atoms with E-state index in [2.05, 4.69) is 4.52 Å². The summed E-state index contributed by atoms with van der Waals surface area (Å²) in [6.45, 7) is 1.35. The third-order valence-corrected chi connectivity index (χ3v) is 1.77. The topological polar surface area (TPSA) is 66.8 Å². The molecule has 0 heterocycles. The number of halogens is 3. The molecule has 80 valence electrons. The summed E-state index contributed by atoms with van der Waals surface area (Å²) >= 11 is 0. The molecule has 0 aliphatic rings. The summed E-state index contributed by atoms with van der Waals surface area (Å²) in [5, 5.41) is 0. The van der Waals surface area contributed by atoms with Gasteiger partial charge in [0.2, 0.25) is 0 Å². The van der Waals surface area contributed by atoms with Crippen LogP contribution in [0.1, 0.15) is 19.8 Å². The Labute approximate surface area is 72.9 Å². The van der Waals surface area contributed by atoms with Gasteiger partial charge in [0.1, 0.15) is 0 Å². The van der Waals surface area contributed by atoms with E-state index in [9.17, 15) is 17.7 Å². The lowest BCUT2D eigenvalue weighted by Crippen LogP contribution is -2.20. The van der Waals surface area contributed by atoms with Crippen molar-refractivity contribution in [3.63, 3.8) is 0 Å². The van der Waals surface area contributed by atoms with E-state index < -0.39 is 26.5 Å². The number of phosphoric ester groups is 1. The van der Waals surface area contributed by atoms with E-state index in [0.717, 1.165) is 0 Å². The fourth-order valence-corrected chi connectivity index (χ4v) is 1.32. The molecular formula is C5H10F3O4P. The Bertz CT molecular complexity index is 198. The second-order valence-corrected chi connectivity index (χ2v) is 3.64. The summed E-state index contributed by atoms with van der Waals surface area (Å²) < 4.78 is 49.3. The van der Waals surface area contributed by atoms with Gasteiger partial charge < -0.3 is 9.79 Å². The van der Waals surface area contributed by atoms with Crippen LogP contribution in [0.3, 0.4) is 0 Å². The molecule has 0 bridgehead atoms. The molecule has 0 saturated carbocycles. The standard InChI is InChI=1S/C5H10F3O4P/c1-2-4(3-5(6,7)8)12-13(9,10)11/h4H,2-3H2,1H3,(H2,9,10,11). The van der Waals surface area contributed by atoms with E-state index in [0.29, 0.717) is 0 Å². The zero-order valence-electron chi connectivity index (χ0n) is 6.78. The molecule has 0 aromatic heterocycles. The quantitative estimate of drug-likeness (QED) is 0.712. The maximum atomic E-state index is 11.7. The van der Waals surface area contributed by atoms with Crippen molar-refractivity contribution in [3.8, 4) is 0 Å². The van der Waals surface area contributed by atoms with Crippen molar-refractivity contribution in [3.05, 3.63) is 0 Å². The molecule has 0 aromatic rings. The van der Waals surface area contributed by atoms with Crippen LogP contribution >= 0.6 is 7.82 Å². The van der Waals surface area contributed by atoms with Crippen molar-refractivity contribution in [1.29, 1.82) is 0 Å². The van der Waals surface area contributed by atoms with Gasteiger partial charge >= 0.3 is 14.0 Å². The van der Waals surface area contributed by atoms with Crippen molar-refractivity contribution in [2.24, 2.45) is 0 Å². The molecule has 0 aliphatic carbocycles. The predicted octanol–water partition coefficient (Wildman–Crippen LogP) is 1.83. The smallest absolute Gasteiger partial charge is 0.303 e. The highest BCUT2D eigenvalue weighted by Crippen LogP contribution is 2.40. The highest BCUT2D eigenvalue weighted by Gasteiger charge is 2.34. The average molecular weight is 222 g/mol. The monoisotopic (exact) mass is 222 g/mol. The lowest BCUT2D eigenvalue weighted by molar-refractivity contribution is -0.152. The highest BCUT2D eigenvalue weighted by molar-refractivity contribution is 7.46. The first kappa shape index (κ1) is 12.9. The van der Waals surface area contributed by atoms with Gasteiger partial charge in [-0.15, -0.1) is 0 Å². The van der Waals surface area contributed by atoms with E-state index in [1.54, 1.807) is 0 Å². The van der Waals surface area contributed by atoms with Crippen LogP contribution < -0.4 is 0 Å². The van der Waals surface area contributed by atoms with Gasteiger partial charge in [0.15, 0.2) is 0 Å². The van der Waals surface area contributed by atoms with Gasteiger partial charge in [-0.2, -0.15) is 13.2 Å². The molecule has 0 aromatic carbocycles. The Morgan fingerprint density at radius 2 is 1.92 bits per heavy atom. The van der Waals surface area contributed by atoms with Gasteiger partial charge in [-0.3, -0.25) is 4.52 Å². The van der Waals surface area contributed by atoms with Crippen LogP contribution in [0.4, 0.5) is 13.2 Å². The molecular weight excluding hydrogens is 212 g/mol. The molecule has 0 aliphatic heterocycles. The minimum atomic E-state index is -4.82. The minimum absolute atomic E-state index is 0.107. The van der Waals surface area contributed by atoms with Gasteiger partial charge in [-0.1, -0.05) is 6.92 Å². The molecule has 8 heteroatoms. The molecule has 0 saturated heterocycles. The SMILES string of the molecule is CCC(CC(F)(F)F)OP(=O)(O)O. The number of hydrogen-bond donors (Lipinski definition) is 2. The Kier molecular flexibility index (Phi) is 4.38. The third kappa shape index (κ3) is 8.24. The van der Waals surface area contributed by atoms with Crippen molar-refractivity contribution in [2.45, 2.75) is 32.0 Å². The van der Waals surface area contributed by atoms with E-state index in [-0.39, 0.29) is 6.42 Å². The normalized spacial score (nSPS) is 15.8. The summed E-state index contributed by atoms with van der Waals surface area (Å²) in [4.78, 5) is 16.5. The predicted molar refractivity (Wildman–Crippen MR) is 37.9 cm³/mol. The first-order valence-corrected chi connectivity index (χ1v) is 4.98. The number of hydrogen-bond acceptors (Lipinski definition) is 2. The molecule has 0 spiro atoms. The first-order chi connectivity index (χ1) is 5.64. The second kappa shape index (κ2) is 4.41. The van der Waals surface area contributed by atoms with Crippen LogP contribution in [-0.2, 0) is 9.09 Å². The van der Waals surface area contributed by atoms with Crippen LogP contribution in [0.25, 0.3) is 0 Å². The van der Waals surface area contributed by atoms with E-state index >= 15 is 0 Å². The zero-order valence-corrected chi connectivity index (χ0v) is 7.68. The van der Waals surface area contributed by atoms with Gasteiger partial charge in [0.05, 0.1) is 12.5 Å². The van der Waals surface area contributed by atoms with Crippen LogP contribution in [0.5, 0.6) is 0 Å². The van der Waals surface area contributed by atoms with E-state index in [1.807, 2.05) is 0 Å². The summed E-state index contributed by atoms with van der Waals surface area (Å²) in [5.41, 5.74) is 0. The molecule has 4 nitrogen and oxygen atoms in total. The third-order valence-electron chi connectivity index (χ3n) is 1.20. The first-order valence-electron chi connectivity index (χ1n) is 3.44. The fraction of sp³-hybridized carbons (Fsp3) is 1.00. The van der Waals surface area contributed by atoms with Crippen LogP contribution in [-0.4, -0.2) is 22.1 Å². The maximum absolute atomic E-state index is 11.7. The fourth-order valence-electron chi connectivity index (χ4n) is 0.708. The number of rotatable bonds is 4. The zero-order chi connectivity index (χ0) is 10.7. The summed E-state index contributed by atoms with van der Waals surface area (Å²) in [6, 6.07) is 0.